The summed E-state index contributed by atoms with van der Waals surface area (Å²) in [5.41, 5.74) is 2.72. The van der Waals surface area contributed by atoms with Gasteiger partial charge in [0.2, 0.25) is 0 Å². The molecule has 7 heteroatoms. The average Bonchev–Trinajstić information content (AvgIpc) is 2.74. The lowest BCUT2D eigenvalue weighted by Gasteiger charge is -2.35. The van der Waals surface area contributed by atoms with Crippen LogP contribution in [0.15, 0.2) is 49.1 Å². The van der Waals surface area contributed by atoms with E-state index >= 15 is 0 Å². The molecule has 0 spiro atoms. The highest BCUT2D eigenvalue weighted by molar-refractivity contribution is 6.31. The molecular weight excluding hydrogens is 402 g/mol. The third-order valence-corrected chi connectivity index (χ3v) is 5.28. The van der Waals surface area contributed by atoms with Gasteiger partial charge in [0, 0.05) is 31.2 Å². The Hall–Kier alpha value is -2.70. The summed E-state index contributed by atoms with van der Waals surface area (Å²) in [6.07, 6.45) is 2.56. The van der Waals surface area contributed by atoms with E-state index < -0.39 is 0 Å². The Balaban J connectivity index is 1.66. The molecule has 160 valence electrons. The SMILES string of the molecule is C=CCc1ccc(OCC(=O)Nc2cc(Cl)ccc2N2CCN(C)CC2)c(OC)c1. The van der Waals surface area contributed by atoms with Gasteiger partial charge in [-0.25, -0.2) is 0 Å². The topological polar surface area (TPSA) is 54.0 Å². The smallest absolute Gasteiger partial charge is 0.262 e. The van der Waals surface area contributed by atoms with Gasteiger partial charge in [-0.1, -0.05) is 23.7 Å². The van der Waals surface area contributed by atoms with Crippen LogP contribution in [0.4, 0.5) is 11.4 Å². The molecule has 1 aliphatic rings. The number of nitrogens with one attached hydrogen (secondary N) is 1. The number of anilines is 2. The van der Waals surface area contributed by atoms with Crippen LogP contribution in [0.25, 0.3) is 0 Å². The molecule has 2 aromatic rings. The molecule has 0 aliphatic carbocycles. The zero-order valence-electron chi connectivity index (χ0n) is 17.5. The Morgan fingerprint density at radius 1 is 1.17 bits per heavy atom. The van der Waals surface area contributed by atoms with Crippen molar-refractivity contribution in [3.05, 3.63) is 59.6 Å². The average molecular weight is 430 g/mol. The number of hydrogen-bond donors (Lipinski definition) is 1. The molecule has 0 atom stereocenters. The van der Waals surface area contributed by atoms with Crippen molar-refractivity contribution in [3.63, 3.8) is 0 Å². The quantitative estimate of drug-likeness (QED) is 0.646. The molecule has 0 radical (unpaired) electrons. The van der Waals surface area contributed by atoms with Crippen LogP contribution in [0.5, 0.6) is 11.5 Å². The number of allylic oxidation sites excluding steroid dienone is 1. The number of halogens is 1. The van der Waals surface area contributed by atoms with Gasteiger partial charge in [0.15, 0.2) is 18.1 Å². The first-order valence-electron chi connectivity index (χ1n) is 9.93. The van der Waals surface area contributed by atoms with Gasteiger partial charge in [-0.05, 0) is 49.4 Å². The summed E-state index contributed by atoms with van der Waals surface area (Å²) >= 11 is 6.18. The summed E-state index contributed by atoms with van der Waals surface area (Å²) < 4.78 is 11.1. The zero-order chi connectivity index (χ0) is 21.5. The minimum absolute atomic E-state index is 0.133. The first-order valence-corrected chi connectivity index (χ1v) is 10.3. The van der Waals surface area contributed by atoms with Crippen LogP contribution < -0.4 is 19.7 Å². The van der Waals surface area contributed by atoms with E-state index in [0.717, 1.165) is 43.9 Å². The van der Waals surface area contributed by atoms with Crippen LogP contribution in [-0.2, 0) is 11.2 Å². The van der Waals surface area contributed by atoms with E-state index in [1.165, 1.54) is 0 Å². The fourth-order valence-corrected chi connectivity index (χ4v) is 3.56. The molecule has 0 unspecified atom stereocenters. The van der Waals surface area contributed by atoms with Crippen molar-refractivity contribution in [1.82, 2.24) is 4.90 Å². The normalized spacial score (nSPS) is 14.3. The molecule has 0 bridgehead atoms. The van der Waals surface area contributed by atoms with Crippen LogP contribution in [0.1, 0.15) is 5.56 Å². The molecular formula is C23H28ClN3O3. The van der Waals surface area contributed by atoms with E-state index in [-0.39, 0.29) is 12.5 Å². The van der Waals surface area contributed by atoms with Crippen LogP contribution in [0.3, 0.4) is 0 Å². The third kappa shape index (κ3) is 5.68. The fraction of sp³-hybridized carbons (Fsp3) is 0.348. The second kappa shape index (κ2) is 10.4. The molecule has 1 fully saturated rings. The number of ether oxygens (including phenoxy) is 2. The van der Waals surface area contributed by atoms with E-state index in [1.807, 2.05) is 30.3 Å². The Morgan fingerprint density at radius 3 is 2.63 bits per heavy atom. The molecule has 0 aromatic heterocycles. The molecule has 1 aliphatic heterocycles. The molecule has 1 amide bonds. The maximum atomic E-state index is 12.6. The fourth-order valence-electron chi connectivity index (χ4n) is 3.39. The number of rotatable bonds is 8. The summed E-state index contributed by atoms with van der Waals surface area (Å²) in [5.74, 6) is 0.846. The van der Waals surface area contributed by atoms with Gasteiger partial charge >= 0.3 is 0 Å². The highest BCUT2D eigenvalue weighted by Crippen LogP contribution is 2.31. The Labute approximate surface area is 183 Å². The molecule has 3 rings (SSSR count). The van der Waals surface area contributed by atoms with E-state index in [0.29, 0.717) is 22.2 Å². The van der Waals surface area contributed by atoms with E-state index in [9.17, 15) is 4.79 Å². The molecule has 0 saturated carbocycles. The Morgan fingerprint density at radius 2 is 1.93 bits per heavy atom. The van der Waals surface area contributed by atoms with Gasteiger partial charge in [-0.3, -0.25) is 4.79 Å². The lowest BCUT2D eigenvalue weighted by Crippen LogP contribution is -2.44. The standard InChI is InChI=1S/C23H28ClN3O3/c1-4-5-17-6-9-21(22(14-17)29-3)30-16-23(28)25-19-15-18(24)7-8-20(19)27-12-10-26(2)11-13-27/h4,6-9,14-15H,1,5,10-13,16H2,2-3H3,(H,25,28). The number of carbonyl (C=O) groups is 1. The largest absolute Gasteiger partial charge is 0.493 e. The maximum absolute atomic E-state index is 12.6. The monoisotopic (exact) mass is 429 g/mol. The summed E-state index contributed by atoms with van der Waals surface area (Å²) in [6, 6.07) is 11.2. The number of amides is 1. The first-order chi connectivity index (χ1) is 14.5. The summed E-state index contributed by atoms with van der Waals surface area (Å²) in [4.78, 5) is 17.1. The lowest BCUT2D eigenvalue weighted by atomic mass is 10.1. The van der Waals surface area contributed by atoms with E-state index in [2.05, 4.69) is 28.7 Å². The number of benzene rings is 2. The van der Waals surface area contributed by atoms with Crippen molar-refractivity contribution in [2.24, 2.45) is 0 Å². The minimum atomic E-state index is -0.259. The van der Waals surface area contributed by atoms with Crippen LogP contribution in [0, 0.1) is 0 Å². The Bertz CT molecular complexity index is 895. The number of methoxy groups -OCH3 is 1. The molecule has 1 N–H and O–H groups in total. The third-order valence-electron chi connectivity index (χ3n) is 5.04. The molecule has 1 saturated heterocycles. The highest BCUT2D eigenvalue weighted by Gasteiger charge is 2.19. The summed E-state index contributed by atoms with van der Waals surface area (Å²) in [7, 11) is 3.69. The van der Waals surface area contributed by atoms with Crippen molar-refractivity contribution >= 4 is 28.9 Å². The number of hydrogen-bond acceptors (Lipinski definition) is 5. The summed E-state index contributed by atoms with van der Waals surface area (Å²) in [6.45, 7) is 7.35. The van der Waals surface area contributed by atoms with Crippen molar-refractivity contribution in [3.8, 4) is 11.5 Å². The predicted octanol–water partition coefficient (Wildman–Crippen LogP) is 3.85. The highest BCUT2D eigenvalue weighted by atomic mass is 35.5. The van der Waals surface area contributed by atoms with Gasteiger partial charge < -0.3 is 24.6 Å². The van der Waals surface area contributed by atoms with Gasteiger partial charge in [-0.2, -0.15) is 0 Å². The number of piperazine rings is 1. The van der Waals surface area contributed by atoms with Crippen molar-refractivity contribution < 1.29 is 14.3 Å². The number of carbonyl (C=O) groups excluding carboxylic acids is 1. The van der Waals surface area contributed by atoms with Crippen molar-refractivity contribution in [2.75, 3.05) is 57.2 Å². The van der Waals surface area contributed by atoms with Crippen LogP contribution in [0.2, 0.25) is 5.02 Å². The van der Waals surface area contributed by atoms with Gasteiger partial charge in [0.1, 0.15) is 0 Å². The number of nitrogens with zero attached hydrogens (tertiary/aromatic N) is 2. The first kappa shape index (κ1) is 22.0. The van der Waals surface area contributed by atoms with Crippen LogP contribution in [-0.4, -0.2) is 57.8 Å². The summed E-state index contributed by atoms with van der Waals surface area (Å²) in [5, 5.41) is 3.51. The second-order valence-electron chi connectivity index (χ2n) is 7.27. The maximum Gasteiger partial charge on any atom is 0.262 e. The van der Waals surface area contributed by atoms with Gasteiger partial charge in [0.05, 0.1) is 18.5 Å². The van der Waals surface area contributed by atoms with Gasteiger partial charge in [0.25, 0.3) is 5.91 Å². The van der Waals surface area contributed by atoms with Gasteiger partial charge in [-0.15, -0.1) is 6.58 Å². The van der Waals surface area contributed by atoms with Crippen molar-refractivity contribution in [1.29, 1.82) is 0 Å². The Kier molecular flexibility index (Phi) is 7.60. The zero-order valence-corrected chi connectivity index (χ0v) is 18.2. The molecule has 2 aromatic carbocycles. The predicted molar refractivity (Wildman–Crippen MR) is 122 cm³/mol. The molecule has 6 nitrogen and oxygen atoms in total. The van der Waals surface area contributed by atoms with E-state index in [1.54, 1.807) is 19.2 Å². The minimum Gasteiger partial charge on any atom is -0.493 e. The van der Waals surface area contributed by atoms with Crippen LogP contribution >= 0.6 is 11.6 Å². The molecule has 30 heavy (non-hydrogen) atoms. The lowest BCUT2D eigenvalue weighted by molar-refractivity contribution is -0.118. The number of likely N-dealkylation sites (N-methyl/N-ethyl adjacent to an activating group) is 1. The van der Waals surface area contributed by atoms with Crippen molar-refractivity contribution in [2.45, 2.75) is 6.42 Å². The second-order valence-corrected chi connectivity index (χ2v) is 7.70. The molecule has 1 heterocycles. The van der Waals surface area contributed by atoms with E-state index in [4.69, 9.17) is 21.1 Å².